The molecule has 3 unspecified atom stereocenters. The van der Waals surface area contributed by atoms with Gasteiger partial charge in [0.15, 0.2) is 0 Å². The molecule has 36 heavy (non-hydrogen) atoms. The van der Waals surface area contributed by atoms with Crippen LogP contribution in [0.2, 0.25) is 0 Å². The number of thioether (sulfide) groups is 1. The van der Waals surface area contributed by atoms with Crippen LogP contribution in [-0.4, -0.2) is 57.3 Å². The van der Waals surface area contributed by atoms with E-state index >= 15 is 0 Å². The summed E-state index contributed by atoms with van der Waals surface area (Å²) in [7, 11) is 0. The van der Waals surface area contributed by atoms with Crippen LogP contribution in [0.15, 0.2) is 12.7 Å². The van der Waals surface area contributed by atoms with Crippen LogP contribution in [0.5, 0.6) is 0 Å². The molecule has 4 N–H and O–H groups in total. The maximum Gasteiger partial charge on any atom is 0.316 e. The summed E-state index contributed by atoms with van der Waals surface area (Å²) in [4.78, 5) is 26.8. The molecule has 4 aliphatic carbocycles. The highest BCUT2D eigenvalue weighted by Gasteiger charge is 2.68. The number of Topliss-reactive ketones (excluding diaryl/α,β-unsaturated/α-hetero) is 1. The molecular formula is C29H47NO5S. The van der Waals surface area contributed by atoms with Crippen LogP contribution in [0.4, 0.5) is 0 Å². The lowest BCUT2D eigenvalue weighted by atomic mass is 9.44. The van der Waals surface area contributed by atoms with E-state index in [1.807, 2.05) is 13.0 Å². The van der Waals surface area contributed by atoms with Crippen molar-refractivity contribution < 1.29 is 24.5 Å². The molecule has 0 aromatic rings. The normalized spacial score (nSPS) is 49.4. The first-order valence-corrected chi connectivity index (χ1v) is 15.0. The summed E-state index contributed by atoms with van der Waals surface area (Å²) in [6.45, 7) is 12.6. The van der Waals surface area contributed by atoms with E-state index in [-0.39, 0.29) is 52.0 Å². The summed E-state index contributed by atoms with van der Waals surface area (Å²) < 4.78 is 6.32. The average molecular weight is 522 g/mol. The van der Waals surface area contributed by atoms with E-state index < -0.39 is 29.1 Å². The highest BCUT2D eigenvalue weighted by atomic mass is 32.2. The van der Waals surface area contributed by atoms with E-state index in [1.54, 1.807) is 0 Å². The van der Waals surface area contributed by atoms with Gasteiger partial charge in [0.2, 0.25) is 0 Å². The second kappa shape index (κ2) is 10.3. The summed E-state index contributed by atoms with van der Waals surface area (Å²) >= 11 is 1.46. The zero-order valence-electron chi connectivity index (χ0n) is 22.6. The highest BCUT2D eigenvalue weighted by molar-refractivity contribution is 8.00. The van der Waals surface area contributed by atoms with Gasteiger partial charge in [-0.3, -0.25) is 9.59 Å². The number of rotatable bonds is 5. The van der Waals surface area contributed by atoms with Crippen LogP contribution >= 0.6 is 11.8 Å². The Hall–Kier alpha value is -0.890. The number of ether oxygens (including phenoxy) is 1. The number of esters is 1. The standard InChI is InChI=1S/C29H47NO5S/c1-6-27(4)15-23(35-24(33)16-36-22-10-8-19(30)7-9-20(22)31)28(5)17(2)11-13-29(18(3)26(27)34)14-12-21(32)25(28)29/h6,17-20,22-23,25-26,31,34H,1,7-16,30H2,2-5H3/t17?,18-,19-,20+,22+,23+,25-,26?,27+,28-,29?/m0/s1. The Kier molecular flexibility index (Phi) is 8.09. The Morgan fingerprint density at radius 1 is 1.17 bits per heavy atom. The SMILES string of the molecule is C=C[C@]1(C)C[C@@H](OC(=O)CS[C@@H]2CC[C@@H](N)CC[C@H]2O)[C@]2(C)C(C)CCC3(CCC(=O)[C@H]32)[C@@H](C)C1O. The van der Waals surface area contributed by atoms with Crippen molar-refractivity contribution in [2.75, 3.05) is 5.75 Å². The molecule has 2 bridgehead atoms. The van der Waals surface area contributed by atoms with Crippen LogP contribution in [-0.2, 0) is 14.3 Å². The summed E-state index contributed by atoms with van der Waals surface area (Å²) in [6, 6.07) is 0.106. The number of hydrogen-bond donors (Lipinski definition) is 3. The topological polar surface area (TPSA) is 110 Å². The zero-order valence-corrected chi connectivity index (χ0v) is 23.4. The summed E-state index contributed by atoms with van der Waals surface area (Å²) in [5.41, 5.74) is 4.68. The maximum atomic E-state index is 13.5. The molecule has 4 aliphatic rings. The van der Waals surface area contributed by atoms with Crippen LogP contribution in [0.1, 0.15) is 85.5 Å². The predicted octanol–water partition coefficient (Wildman–Crippen LogP) is 4.26. The van der Waals surface area contributed by atoms with Crippen molar-refractivity contribution in [3.8, 4) is 0 Å². The third kappa shape index (κ3) is 4.60. The zero-order chi connectivity index (χ0) is 26.5. The molecule has 0 spiro atoms. The Morgan fingerprint density at radius 2 is 1.86 bits per heavy atom. The van der Waals surface area contributed by atoms with Gasteiger partial charge >= 0.3 is 5.97 Å². The molecule has 4 saturated carbocycles. The van der Waals surface area contributed by atoms with Gasteiger partial charge in [-0.05, 0) is 68.6 Å². The molecule has 0 aliphatic heterocycles. The Balaban J connectivity index is 1.61. The molecule has 0 aromatic carbocycles. The molecule has 0 radical (unpaired) electrons. The molecule has 11 atom stereocenters. The van der Waals surface area contributed by atoms with Gasteiger partial charge in [0, 0.05) is 34.5 Å². The van der Waals surface area contributed by atoms with Crippen molar-refractivity contribution >= 4 is 23.5 Å². The second-order valence-corrected chi connectivity index (χ2v) is 14.1. The third-order valence-corrected chi connectivity index (χ3v) is 12.5. The number of carbonyl (C=O) groups excluding carboxylic acids is 2. The van der Waals surface area contributed by atoms with Crippen molar-refractivity contribution in [2.45, 2.75) is 115 Å². The lowest BCUT2D eigenvalue weighted by Gasteiger charge is -2.61. The molecule has 4 rings (SSSR count). The van der Waals surface area contributed by atoms with E-state index in [4.69, 9.17) is 10.5 Å². The molecular weight excluding hydrogens is 474 g/mol. The van der Waals surface area contributed by atoms with Gasteiger partial charge in [-0.15, -0.1) is 18.3 Å². The lowest BCUT2D eigenvalue weighted by molar-refractivity contribution is -0.205. The summed E-state index contributed by atoms with van der Waals surface area (Å²) in [5, 5.41) is 22.1. The lowest BCUT2D eigenvalue weighted by Crippen LogP contribution is -2.63. The quantitative estimate of drug-likeness (QED) is 0.282. The van der Waals surface area contributed by atoms with Crippen molar-refractivity contribution in [3.63, 3.8) is 0 Å². The number of aliphatic hydroxyl groups is 2. The second-order valence-electron chi connectivity index (χ2n) is 12.9. The van der Waals surface area contributed by atoms with Crippen molar-refractivity contribution in [1.29, 1.82) is 0 Å². The van der Waals surface area contributed by atoms with Gasteiger partial charge in [-0.25, -0.2) is 0 Å². The number of aliphatic hydroxyl groups excluding tert-OH is 2. The van der Waals surface area contributed by atoms with Gasteiger partial charge in [-0.2, -0.15) is 0 Å². The minimum Gasteiger partial charge on any atom is -0.461 e. The van der Waals surface area contributed by atoms with E-state index in [0.717, 1.165) is 38.5 Å². The Labute approximate surface area is 221 Å². The minimum atomic E-state index is -0.665. The average Bonchev–Trinajstić information content (AvgIpc) is 3.12. The molecule has 7 heteroatoms. The fourth-order valence-electron chi connectivity index (χ4n) is 8.35. The van der Waals surface area contributed by atoms with Gasteiger partial charge in [0.25, 0.3) is 0 Å². The first-order chi connectivity index (χ1) is 16.9. The summed E-state index contributed by atoms with van der Waals surface area (Å²) in [5.74, 6) is 0.0621. The molecule has 204 valence electrons. The van der Waals surface area contributed by atoms with E-state index in [0.29, 0.717) is 19.3 Å². The van der Waals surface area contributed by atoms with E-state index in [9.17, 15) is 19.8 Å². The van der Waals surface area contributed by atoms with E-state index in [2.05, 4.69) is 27.4 Å². The molecule has 0 amide bonds. The number of hydrogen-bond acceptors (Lipinski definition) is 7. The van der Waals surface area contributed by atoms with Crippen LogP contribution in [0.25, 0.3) is 0 Å². The first kappa shape index (κ1) is 28.1. The monoisotopic (exact) mass is 521 g/mol. The molecule has 4 fully saturated rings. The Bertz CT molecular complexity index is 867. The smallest absolute Gasteiger partial charge is 0.316 e. The summed E-state index contributed by atoms with van der Waals surface area (Å²) in [6.07, 6.45) is 6.95. The third-order valence-electron chi connectivity index (χ3n) is 11.1. The first-order valence-electron chi connectivity index (χ1n) is 14.0. The van der Waals surface area contributed by atoms with Gasteiger partial charge in [0.1, 0.15) is 11.9 Å². The van der Waals surface area contributed by atoms with Gasteiger partial charge in [0.05, 0.1) is 18.0 Å². The Morgan fingerprint density at radius 3 is 2.56 bits per heavy atom. The molecule has 0 aromatic heterocycles. The van der Waals surface area contributed by atoms with Crippen molar-refractivity contribution in [2.24, 2.45) is 39.7 Å². The van der Waals surface area contributed by atoms with Gasteiger partial charge < -0.3 is 20.7 Å². The molecule has 0 heterocycles. The number of carbonyl (C=O) groups is 2. The van der Waals surface area contributed by atoms with Crippen LogP contribution < -0.4 is 5.73 Å². The van der Waals surface area contributed by atoms with Gasteiger partial charge in [-0.1, -0.05) is 33.8 Å². The fraction of sp³-hybridized carbons (Fsp3) is 0.862. The maximum absolute atomic E-state index is 13.5. The number of ketones is 1. The largest absolute Gasteiger partial charge is 0.461 e. The van der Waals surface area contributed by atoms with Crippen molar-refractivity contribution in [1.82, 2.24) is 0 Å². The molecule has 0 saturated heterocycles. The minimum absolute atomic E-state index is 0.0298. The van der Waals surface area contributed by atoms with Crippen molar-refractivity contribution in [3.05, 3.63) is 12.7 Å². The fourth-order valence-corrected chi connectivity index (χ4v) is 9.43. The van der Waals surface area contributed by atoms with Crippen LogP contribution in [0.3, 0.4) is 0 Å². The van der Waals surface area contributed by atoms with E-state index in [1.165, 1.54) is 11.8 Å². The molecule has 6 nitrogen and oxygen atoms in total. The highest BCUT2D eigenvalue weighted by Crippen LogP contribution is 2.68. The van der Waals surface area contributed by atoms with Crippen LogP contribution in [0, 0.1) is 34.0 Å². The number of nitrogens with two attached hydrogens (primary N) is 1. The predicted molar refractivity (Wildman–Crippen MR) is 143 cm³/mol.